The van der Waals surface area contributed by atoms with E-state index in [1.165, 1.54) is 12.8 Å². The first-order valence-electron chi connectivity index (χ1n) is 8.53. The highest BCUT2D eigenvalue weighted by Crippen LogP contribution is 2.46. The maximum Gasteiger partial charge on any atom is 0.188 e. The largest absolute Gasteiger partial charge is 0.391 e. The Hall–Kier alpha value is -1.10. The lowest BCUT2D eigenvalue weighted by Crippen LogP contribution is -3.30. The number of likely N-dealkylation sites (tertiary alicyclic amines) is 1. The molecule has 2 saturated carbocycles. The van der Waals surface area contributed by atoms with Gasteiger partial charge in [0.1, 0.15) is 18.7 Å². The molecule has 2 N–H and O–H groups in total. The third-order valence-corrected chi connectivity index (χ3v) is 6.55. The summed E-state index contributed by atoms with van der Waals surface area (Å²) in [5.74, 6) is 0.838. The summed E-state index contributed by atoms with van der Waals surface area (Å²) in [5, 5.41) is 29.6. The van der Waals surface area contributed by atoms with Crippen molar-refractivity contribution in [2.45, 2.75) is 68.9 Å². The van der Waals surface area contributed by atoms with Gasteiger partial charge in [-0.1, -0.05) is 12.8 Å². The van der Waals surface area contributed by atoms with Gasteiger partial charge in [-0.15, -0.1) is 0 Å². The molecular formula is C17H26N3O+. The van der Waals surface area contributed by atoms with Crippen LogP contribution in [0.15, 0.2) is 0 Å². The van der Waals surface area contributed by atoms with Crippen LogP contribution in [0.3, 0.4) is 0 Å². The molecule has 4 heteroatoms. The van der Waals surface area contributed by atoms with Crippen LogP contribution in [0.25, 0.3) is 0 Å². The molecule has 1 aliphatic heterocycles. The van der Waals surface area contributed by atoms with E-state index in [0.29, 0.717) is 18.4 Å². The lowest BCUT2D eigenvalue weighted by molar-refractivity contribution is -1.00. The number of nitriles is 2. The van der Waals surface area contributed by atoms with Crippen molar-refractivity contribution in [3.8, 4) is 12.1 Å². The van der Waals surface area contributed by atoms with Gasteiger partial charge in [0.25, 0.3) is 0 Å². The molecule has 1 heterocycles. The monoisotopic (exact) mass is 288 g/mol. The van der Waals surface area contributed by atoms with Crippen LogP contribution in [-0.4, -0.2) is 29.3 Å². The Morgan fingerprint density at radius 2 is 1.48 bits per heavy atom. The van der Waals surface area contributed by atoms with Gasteiger partial charge in [0.2, 0.25) is 0 Å². The molecule has 3 rings (SSSR count). The molecule has 0 aromatic heterocycles. The highest BCUT2D eigenvalue weighted by molar-refractivity contribution is 5.17. The van der Waals surface area contributed by atoms with Crippen molar-refractivity contribution in [3.05, 3.63) is 0 Å². The second-order valence-electron chi connectivity index (χ2n) is 7.24. The quantitative estimate of drug-likeness (QED) is 0.801. The van der Waals surface area contributed by atoms with Crippen LogP contribution < -0.4 is 4.90 Å². The first kappa shape index (κ1) is 14.8. The maximum atomic E-state index is 10.0. The molecule has 4 nitrogen and oxygen atoms in total. The van der Waals surface area contributed by atoms with Gasteiger partial charge in [0.05, 0.1) is 6.61 Å². The summed E-state index contributed by atoms with van der Waals surface area (Å²) in [7, 11) is 0. The summed E-state index contributed by atoms with van der Waals surface area (Å²) in [5.41, 5.74) is -0.852. The molecular weight excluding hydrogens is 262 g/mol. The number of hydrogen-bond acceptors (Lipinski definition) is 3. The fraction of sp³-hybridized carbons (Fsp3) is 0.882. The van der Waals surface area contributed by atoms with Gasteiger partial charge in [0, 0.05) is 24.7 Å². The van der Waals surface area contributed by atoms with Gasteiger partial charge in [-0.3, -0.25) is 4.90 Å². The van der Waals surface area contributed by atoms with E-state index in [1.54, 1.807) is 0 Å². The third-order valence-electron chi connectivity index (χ3n) is 6.55. The Morgan fingerprint density at radius 3 is 1.90 bits per heavy atom. The molecule has 0 aromatic rings. The SMILES string of the molecule is N#C[C@]12CCCC[C@H]1C[C@@H]1CCCC[C@@]1(C#N)[NH+]2CCO. The van der Waals surface area contributed by atoms with Crippen LogP contribution in [0.1, 0.15) is 57.8 Å². The number of nitrogens with one attached hydrogen (secondary N) is 1. The van der Waals surface area contributed by atoms with Crippen LogP contribution in [0, 0.1) is 34.5 Å². The summed E-state index contributed by atoms with van der Waals surface area (Å²) in [6.45, 7) is 0.621. The zero-order valence-corrected chi connectivity index (χ0v) is 12.8. The second kappa shape index (κ2) is 5.59. The van der Waals surface area contributed by atoms with Crippen molar-refractivity contribution in [1.82, 2.24) is 0 Å². The van der Waals surface area contributed by atoms with Crippen LogP contribution in [0.2, 0.25) is 0 Å². The highest BCUT2D eigenvalue weighted by Gasteiger charge is 2.65. The molecule has 5 atom stereocenters. The Labute approximate surface area is 127 Å². The van der Waals surface area contributed by atoms with E-state index in [-0.39, 0.29) is 6.61 Å². The number of aliphatic hydroxyl groups excluding tert-OH is 1. The Morgan fingerprint density at radius 1 is 0.952 bits per heavy atom. The lowest BCUT2D eigenvalue weighted by atomic mass is 9.57. The smallest absolute Gasteiger partial charge is 0.188 e. The van der Waals surface area contributed by atoms with Crippen LogP contribution in [0.4, 0.5) is 0 Å². The second-order valence-corrected chi connectivity index (χ2v) is 7.24. The van der Waals surface area contributed by atoms with Crippen molar-refractivity contribution in [3.63, 3.8) is 0 Å². The van der Waals surface area contributed by atoms with E-state index in [4.69, 9.17) is 0 Å². The predicted octanol–water partition coefficient (Wildman–Crippen LogP) is 1.17. The third kappa shape index (κ3) is 2.00. The van der Waals surface area contributed by atoms with E-state index in [9.17, 15) is 15.6 Å². The summed E-state index contributed by atoms with van der Waals surface area (Å²) >= 11 is 0. The number of quaternary nitrogens is 1. The van der Waals surface area contributed by atoms with Gasteiger partial charge in [-0.2, -0.15) is 10.5 Å². The molecule has 0 amide bonds. The average Bonchev–Trinajstić information content (AvgIpc) is 2.54. The van der Waals surface area contributed by atoms with Gasteiger partial charge in [-0.25, -0.2) is 0 Å². The number of piperidine rings is 1. The highest BCUT2D eigenvalue weighted by atomic mass is 16.3. The molecule has 114 valence electrons. The Balaban J connectivity index is 2.07. The van der Waals surface area contributed by atoms with E-state index < -0.39 is 11.1 Å². The van der Waals surface area contributed by atoms with Crippen molar-refractivity contribution in [1.29, 1.82) is 10.5 Å². The summed E-state index contributed by atoms with van der Waals surface area (Å²) in [6.07, 6.45) is 9.71. The fourth-order valence-electron chi connectivity index (χ4n) is 5.65. The number of fused-ring (bicyclic) bond motifs is 2. The summed E-state index contributed by atoms with van der Waals surface area (Å²) in [4.78, 5) is 1.11. The van der Waals surface area contributed by atoms with Crippen molar-refractivity contribution in [2.24, 2.45) is 11.8 Å². The number of aliphatic hydroxyl groups is 1. The minimum absolute atomic E-state index is 0.0711. The zero-order valence-electron chi connectivity index (χ0n) is 12.8. The van der Waals surface area contributed by atoms with Crippen molar-refractivity contribution < 1.29 is 10.0 Å². The topological polar surface area (TPSA) is 72.2 Å². The molecule has 3 aliphatic rings. The normalized spacial score (nSPS) is 45.8. The lowest BCUT2D eigenvalue weighted by Gasteiger charge is -2.58. The van der Waals surface area contributed by atoms with E-state index in [1.807, 2.05) is 0 Å². The van der Waals surface area contributed by atoms with Gasteiger partial charge >= 0.3 is 0 Å². The van der Waals surface area contributed by atoms with Crippen molar-refractivity contribution in [2.75, 3.05) is 13.2 Å². The van der Waals surface area contributed by atoms with Crippen LogP contribution in [0.5, 0.6) is 0 Å². The molecule has 1 saturated heterocycles. The minimum Gasteiger partial charge on any atom is -0.391 e. The zero-order chi connectivity index (χ0) is 14.9. The summed E-state index contributed by atoms with van der Waals surface area (Å²) < 4.78 is 0. The fourth-order valence-corrected chi connectivity index (χ4v) is 5.65. The minimum atomic E-state index is -0.426. The molecule has 1 unspecified atom stereocenters. The molecule has 0 aromatic carbocycles. The average molecular weight is 288 g/mol. The first-order chi connectivity index (χ1) is 10.2. The van der Waals surface area contributed by atoms with E-state index in [2.05, 4.69) is 12.1 Å². The Bertz CT molecular complexity index is 439. The Kier molecular flexibility index (Phi) is 3.95. The molecule has 21 heavy (non-hydrogen) atoms. The number of nitrogens with zero attached hydrogens (tertiary/aromatic N) is 2. The standard InChI is InChI=1S/C17H25N3O/c18-12-16-7-3-1-5-14(16)11-15-6-2-4-8-17(15,13-19)20(16)9-10-21/h14-15,21H,1-11H2/p+1/t14-,15-,16-,17+/m0/s1. The van der Waals surface area contributed by atoms with Crippen LogP contribution in [-0.2, 0) is 0 Å². The molecule has 0 radical (unpaired) electrons. The van der Waals surface area contributed by atoms with Gasteiger partial charge in [-0.05, 0) is 32.1 Å². The number of rotatable bonds is 2. The van der Waals surface area contributed by atoms with Gasteiger partial charge < -0.3 is 5.11 Å². The van der Waals surface area contributed by atoms with E-state index in [0.717, 1.165) is 49.8 Å². The molecule has 0 bridgehead atoms. The van der Waals surface area contributed by atoms with Crippen LogP contribution >= 0.6 is 0 Å². The number of hydrogen-bond donors (Lipinski definition) is 2. The summed E-state index contributed by atoms with van der Waals surface area (Å²) in [6, 6.07) is 5.29. The molecule has 0 spiro atoms. The predicted molar refractivity (Wildman–Crippen MR) is 78.1 cm³/mol. The first-order valence-corrected chi connectivity index (χ1v) is 8.53. The maximum absolute atomic E-state index is 10.0. The van der Waals surface area contributed by atoms with Gasteiger partial charge in [0.15, 0.2) is 11.1 Å². The van der Waals surface area contributed by atoms with Crippen molar-refractivity contribution >= 4 is 0 Å². The molecule has 2 aliphatic carbocycles. The molecule has 3 fully saturated rings. The van der Waals surface area contributed by atoms with E-state index >= 15 is 0 Å².